The zero-order valence-electron chi connectivity index (χ0n) is 19.7. The van der Waals surface area contributed by atoms with Crippen molar-refractivity contribution in [3.8, 4) is 16.9 Å². The van der Waals surface area contributed by atoms with E-state index in [4.69, 9.17) is 4.74 Å². The minimum absolute atomic E-state index is 0.298. The van der Waals surface area contributed by atoms with Crippen LogP contribution in [0.2, 0.25) is 0 Å². The number of benzene rings is 2. The molecular weight excluding hydrogens is 609 g/mol. The topological polar surface area (TPSA) is 9.23 Å². The van der Waals surface area contributed by atoms with Gasteiger partial charge in [-0.3, -0.25) is 0 Å². The third-order valence-electron chi connectivity index (χ3n) is 5.40. The smallest absolute Gasteiger partial charge is 0.438 e. The van der Waals surface area contributed by atoms with E-state index in [0.29, 0.717) is 23.5 Å². The van der Waals surface area contributed by atoms with Crippen molar-refractivity contribution >= 4 is 11.8 Å². The molecule has 40 heavy (non-hydrogen) atoms. The molecule has 0 spiro atoms. The standard InChI is InChI=1S/C23H17F15OS/c1-2-11-39-16-9-7-15(8-10-16)14-5-3-13(4-6-14)12-40-23(37,38)20(29,30)19(27,28)18(25,26)17(24,21(31,32)33)22(34,35)36/h3-10H,2,11-12H2,1H3. The Hall–Kier alpha value is -2.46. The second kappa shape index (κ2) is 11.1. The molecule has 0 aliphatic carbocycles. The third kappa shape index (κ3) is 5.79. The molecule has 0 atom stereocenters. The normalized spacial score (nSPS) is 14.4. The lowest BCUT2D eigenvalue weighted by Gasteiger charge is -2.43. The first kappa shape index (κ1) is 33.7. The first-order valence-electron chi connectivity index (χ1n) is 10.8. The van der Waals surface area contributed by atoms with Gasteiger partial charge >= 0.3 is 41.0 Å². The fourth-order valence-electron chi connectivity index (χ4n) is 3.13. The predicted octanol–water partition coefficient (Wildman–Crippen LogP) is 9.71. The van der Waals surface area contributed by atoms with Crippen molar-refractivity contribution in [2.24, 2.45) is 0 Å². The van der Waals surface area contributed by atoms with Gasteiger partial charge in [0.15, 0.2) is 0 Å². The Kier molecular flexibility index (Phi) is 9.35. The van der Waals surface area contributed by atoms with E-state index in [1.54, 1.807) is 24.3 Å². The van der Waals surface area contributed by atoms with Crippen molar-refractivity contribution in [2.75, 3.05) is 6.61 Å². The maximum atomic E-state index is 14.1. The number of hydrogen-bond donors (Lipinski definition) is 0. The molecule has 0 N–H and O–H groups in total. The Morgan fingerprint density at radius 1 is 0.575 bits per heavy atom. The molecule has 2 aromatic carbocycles. The van der Waals surface area contributed by atoms with Crippen LogP contribution in [-0.2, 0) is 5.75 Å². The van der Waals surface area contributed by atoms with Gasteiger partial charge in [0.05, 0.1) is 6.61 Å². The zero-order chi connectivity index (χ0) is 31.0. The molecule has 0 unspecified atom stereocenters. The Bertz CT molecular complexity index is 1110. The molecule has 0 radical (unpaired) electrons. The maximum Gasteiger partial charge on any atom is 0.438 e. The molecule has 17 heteroatoms. The Morgan fingerprint density at radius 3 is 1.40 bits per heavy atom. The minimum Gasteiger partial charge on any atom is -0.494 e. The average Bonchev–Trinajstić information content (AvgIpc) is 2.84. The number of thioether (sulfide) groups is 1. The lowest BCUT2D eigenvalue weighted by Crippen LogP contribution is -2.75. The van der Waals surface area contributed by atoms with Crippen LogP contribution in [0.5, 0.6) is 5.75 Å². The minimum atomic E-state index is -8.41. The molecule has 0 amide bonds. The van der Waals surface area contributed by atoms with Gasteiger partial charge < -0.3 is 4.74 Å². The zero-order valence-corrected chi connectivity index (χ0v) is 20.5. The largest absolute Gasteiger partial charge is 0.494 e. The number of ether oxygens (including phenoxy) is 1. The van der Waals surface area contributed by atoms with E-state index < -0.39 is 58.6 Å². The molecule has 0 saturated carbocycles. The van der Waals surface area contributed by atoms with Crippen molar-refractivity contribution < 1.29 is 70.6 Å². The fourth-order valence-corrected chi connectivity index (χ4v) is 3.98. The molecule has 0 aliphatic heterocycles. The lowest BCUT2D eigenvalue weighted by molar-refractivity contribution is -0.452. The fraction of sp³-hybridized carbons (Fsp3) is 0.478. The van der Waals surface area contributed by atoms with Crippen LogP contribution < -0.4 is 4.74 Å². The Morgan fingerprint density at radius 2 is 1.00 bits per heavy atom. The molecule has 2 aromatic rings. The Labute approximate surface area is 220 Å². The van der Waals surface area contributed by atoms with Gasteiger partial charge in [0.25, 0.3) is 0 Å². The Balaban J connectivity index is 2.28. The van der Waals surface area contributed by atoms with Crippen molar-refractivity contribution in [2.45, 2.75) is 60.1 Å². The first-order valence-corrected chi connectivity index (χ1v) is 11.8. The summed E-state index contributed by atoms with van der Waals surface area (Å²) >= 11 is -1.48. The van der Waals surface area contributed by atoms with Gasteiger partial charge in [-0.05, 0) is 35.2 Å². The highest BCUT2D eigenvalue weighted by molar-refractivity contribution is 7.99. The first-order chi connectivity index (χ1) is 18.0. The lowest BCUT2D eigenvalue weighted by atomic mass is 9.87. The van der Waals surface area contributed by atoms with Crippen LogP contribution in [0.4, 0.5) is 65.9 Å². The van der Waals surface area contributed by atoms with Crippen LogP contribution in [0.3, 0.4) is 0 Å². The van der Waals surface area contributed by atoms with Crippen LogP contribution in [0.25, 0.3) is 11.1 Å². The molecule has 2 rings (SSSR count). The highest BCUT2D eigenvalue weighted by Crippen LogP contribution is 2.65. The van der Waals surface area contributed by atoms with E-state index in [2.05, 4.69) is 0 Å². The highest BCUT2D eigenvalue weighted by atomic mass is 32.2. The molecule has 0 aliphatic rings. The van der Waals surface area contributed by atoms with Gasteiger partial charge in [-0.15, -0.1) is 0 Å². The summed E-state index contributed by atoms with van der Waals surface area (Å²) < 4.78 is 206. The third-order valence-corrected chi connectivity index (χ3v) is 6.50. The van der Waals surface area contributed by atoms with Crippen molar-refractivity contribution in [1.29, 1.82) is 0 Å². The van der Waals surface area contributed by atoms with Gasteiger partial charge in [0, 0.05) is 5.75 Å². The second-order valence-corrected chi connectivity index (χ2v) is 9.34. The average molecular weight is 626 g/mol. The predicted molar refractivity (Wildman–Crippen MR) is 115 cm³/mol. The van der Waals surface area contributed by atoms with E-state index in [-0.39, 0.29) is 5.56 Å². The summed E-state index contributed by atoms with van der Waals surface area (Å²) in [5.74, 6) is -25.0. The molecule has 0 heterocycles. The molecule has 1 nitrogen and oxygen atoms in total. The summed E-state index contributed by atoms with van der Waals surface area (Å²) in [5.41, 5.74) is -7.59. The maximum absolute atomic E-state index is 14.1. The van der Waals surface area contributed by atoms with Gasteiger partial charge in [-0.25, -0.2) is 4.39 Å². The van der Waals surface area contributed by atoms with E-state index in [1.807, 2.05) is 6.92 Å². The van der Waals surface area contributed by atoms with Gasteiger partial charge in [0.1, 0.15) is 5.75 Å². The number of alkyl halides is 15. The van der Waals surface area contributed by atoms with Crippen LogP contribution in [0.15, 0.2) is 48.5 Å². The summed E-state index contributed by atoms with van der Waals surface area (Å²) in [5, 5.41) is -6.40. The van der Waals surface area contributed by atoms with Gasteiger partial charge in [-0.2, -0.15) is 61.5 Å². The molecule has 226 valence electrons. The van der Waals surface area contributed by atoms with Crippen molar-refractivity contribution in [3.63, 3.8) is 0 Å². The summed E-state index contributed by atoms with van der Waals surface area (Å²) in [6.07, 6.45) is -15.1. The van der Waals surface area contributed by atoms with E-state index in [0.717, 1.165) is 18.6 Å². The molecule has 0 fully saturated rings. The highest BCUT2D eigenvalue weighted by Gasteiger charge is 2.95. The van der Waals surface area contributed by atoms with E-state index in [9.17, 15) is 65.9 Å². The van der Waals surface area contributed by atoms with Crippen molar-refractivity contribution in [1.82, 2.24) is 0 Å². The SMILES string of the molecule is CCCOc1ccc(-c2ccc(CSC(F)(F)C(F)(F)C(F)(F)C(F)(F)C(F)(C(F)(F)F)C(F)(F)F)cc2)cc1. The number of rotatable bonds is 11. The molecule has 0 aromatic heterocycles. The van der Waals surface area contributed by atoms with Crippen LogP contribution in [-0.4, -0.2) is 47.7 Å². The summed E-state index contributed by atoms with van der Waals surface area (Å²) in [6.45, 7) is 2.32. The summed E-state index contributed by atoms with van der Waals surface area (Å²) in [7, 11) is 0. The summed E-state index contributed by atoms with van der Waals surface area (Å²) in [4.78, 5) is 0. The quantitative estimate of drug-likeness (QED) is 0.230. The van der Waals surface area contributed by atoms with Crippen LogP contribution in [0.1, 0.15) is 18.9 Å². The number of halogens is 15. The van der Waals surface area contributed by atoms with E-state index in [1.165, 1.54) is 12.1 Å². The molecule has 0 saturated heterocycles. The van der Waals surface area contributed by atoms with Crippen molar-refractivity contribution in [3.05, 3.63) is 54.1 Å². The van der Waals surface area contributed by atoms with Crippen LogP contribution in [0, 0.1) is 0 Å². The summed E-state index contributed by atoms with van der Waals surface area (Å²) in [6, 6.07) is 11.0. The van der Waals surface area contributed by atoms with Gasteiger partial charge in [0.2, 0.25) is 0 Å². The van der Waals surface area contributed by atoms with E-state index >= 15 is 0 Å². The van der Waals surface area contributed by atoms with Gasteiger partial charge in [-0.1, -0.05) is 55.1 Å². The molecular formula is C23H17F15OS. The number of hydrogen-bond acceptors (Lipinski definition) is 2. The molecule has 0 bridgehead atoms. The second-order valence-electron chi connectivity index (χ2n) is 8.25. The van der Waals surface area contributed by atoms with Crippen LogP contribution >= 0.6 is 11.8 Å². The monoisotopic (exact) mass is 626 g/mol.